The molecule has 7 aromatic rings. The van der Waals surface area contributed by atoms with Crippen LogP contribution in [0.1, 0.15) is 0 Å². The van der Waals surface area contributed by atoms with Crippen molar-refractivity contribution in [3.8, 4) is 50.6 Å². The van der Waals surface area contributed by atoms with Crippen molar-refractivity contribution in [3.63, 3.8) is 0 Å². The van der Waals surface area contributed by atoms with Gasteiger partial charge in [-0.15, -0.1) is 0 Å². The molecule has 0 aliphatic rings. The highest BCUT2D eigenvalue weighted by Crippen LogP contribution is 2.38. The van der Waals surface area contributed by atoms with Crippen LogP contribution >= 0.6 is 0 Å². The molecular weight excluding hydrogens is 468 g/mol. The third-order valence-electron chi connectivity index (χ3n) is 6.89. The number of pyridine rings is 1. The number of aromatic nitrogens is 2. The van der Waals surface area contributed by atoms with Gasteiger partial charge in [0.1, 0.15) is 11.3 Å². The van der Waals surface area contributed by atoms with E-state index in [1.54, 1.807) is 18.2 Å². The van der Waals surface area contributed by atoms with Crippen molar-refractivity contribution in [2.45, 2.75) is 0 Å². The highest BCUT2D eigenvalue weighted by molar-refractivity contribution is 6.02. The number of nitrogens with zero attached hydrogens (tertiary/aromatic N) is 2. The topological polar surface area (TPSA) is 59.2 Å². The predicted molar refractivity (Wildman–Crippen MR) is 153 cm³/mol. The van der Waals surface area contributed by atoms with Gasteiger partial charge in [-0.25, -0.2) is 4.98 Å². The van der Waals surface area contributed by atoms with E-state index in [9.17, 15) is 5.11 Å². The second-order valence-electron chi connectivity index (χ2n) is 9.20. The molecule has 0 bridgehead atoms. The van der Waals surface area contributed by atoms with Crippen LogP contribution in [-0.4, -0.2) is 15.1 Å². The highest BCUT2D eigenvalue weighted by Gasteiger charge is 2.16. The summed E-state index contributed by atoms with van der Waals surface area (Å²) in [5, 5.41) is 11.4. The molecule has 0 atom stereocenters. The quantitative estimate of drug-likeness (QED) is 0.268. The summed E-state index contributed by atoms with van der Waals surface area (Å²) in [7, 11) is 0. The lowest BCUT2D eigenvalue weighted by Crippen LogP contribution is -1.89. The number of benzene rings is 5. The van der Waals surface area contributed by atoms with Gasteiger partial charge in [0.25, 0.3) is 0 Å². The van der Waals surface area contributed by atoms with Crippen molar-refractivity contribution in [2.24, 2.45) is 0 Å². The van der Waals surface area contributed by atoms with Crippen LogP contribution in [0.4, 0.5) is 0 Å². The summed E-state index contributed by atoms with van der Waals surface area (Å²) in [4.78, 5) is 9.57. The third kappa shape index (κ3) is 3.71. The molecule has 0 radical (unpaired) electrons. The first kappa shape index (κ1) is 22.0. The first-order chi connectivity index (χ1) is 18.8. The molecule has 0 amide bonds. The summed E-state index contributed by atoms with van der Waals surface area (Å²) in [6, 6.07) is 40.3. The molecule has 2 aromatic heterocycles. The molecule has 38 heavy (non-hydrogen) atoms. The van der Waals surface area contributed by atoms with Gasteiger partial charge in [0.05, 0.1) is 11.1 Å². The number of phenolic OH excluding ortho intramolecular Hbond substituents is 1. The molecule has 180 valence electrons. The van der Waals surface area contributed by atoms with E-state index < -0.39 is 0 Å². The fraction of sp³-hybridized carbons (Fsp3) is 0. The van der Waals surface area contributed by atoms with Gasteiger partial charge in [0.15, 0.2) is 5.58 Å². The number of hydrogen-bond donors (Lipinski definition) is 1. The summed E-state index contributed by atoms with van der Waals surface area (Å²) in [6.07, 6.45) is 1.88. The second-order valence-corrected chi connectivity index (χ2v) is 9.20. The van der Waals surface area contributed by atoms with E-state index in [0.29, 0.717) is 17.0 Å². The van der Waals surface area contributed by atoms with Crippen molar-refractivity contribution in [3.05, 3.63) is 128 Å². The van der Waals surface area contributed by atoms with E-state index in [0.717, 1.165) is 44.2 Å². The second kappa shape index (κ2) is 9.02. The maximum atomic E-state index is 10.3. The molecule has 2 heterocycles. The molecule has 7 rings (SSSR count). The van der Waals surface area contributed by atoms with E-state index in [1.165, 1.54) is 5.56 Å². The molecule has 0 saturated heterocycles. The van der Waals surface area contributed by atoms with Gasteiger partial charge < -0.3 is 9.52 Å². The molecule has 0 spiro atoms. The van der Waals surface area contributed by atoms with Crippen molar-refractivity contribution < 1.29 is 9.52 Å². The van der Waals surface area contributed by atoms with Gasteiger partial charge >= 0.3 is 0 Å². The zero-order valence-electron chi connectivity index (χ0n) is 20.4. The largest absolute Gasteiger partial charge is 0.507 e. The fourth-order valence-corrected chi connectivity index (χ4v) is 5.08. The third-order valence-corrected chi connectivity index (χ3v) is 6.89. The Morgan fingerprint density at radius 2 is 1.18 bits per heavy atom. The Kier molecular flexibility index (Phi) is 5.22. The molecule has 0 aliphatic heterocycles. The standard InChI is InChI=1S/C34H22N2O2/c37-30-17-5-4-13-29(30)34-36-33-27(15-8-18-31(33)38-34)24-12-6-11-23(21-24)26-14-7-16-28-25(19-20-35-32(26)28)22-9-2-1-3-10-22/h1-21,37H. The SMILES string of the molecule is Oc1ccccc1-c1nc2c(-c3cccc(-c4cccc5c(-c6ccccc6)ccnc45)c3)cccc2o1. The summed E-state index contributed by atoms with van der Waals surface area (Å²) in [6.45, 7) is 0. The molecule has 4 nitrogen and oxygen atoms in total. The maximum Gasteiger partial charge on any atom is 0.231 e. The Bertz CT molecular complexity index is 1940. The van der Waals surface area contributed by atoms with Gasteiger partial charge in [-0.1, -0.05) is 91.0 Å². The number of rotatable bonds is 4. The maximum absolute atomic E-state index is 10.3. The number of hydrogen-bond acceptors (Lipinski definition) is 4. The lowest BCUT2D eigenvalue weighted by atomic mass is 9.94. The molecule has 0 aliphatic carbocycles. The van der Waals surface area contributed by atoms with Crippen LogP contribution in [0.3, 0.4) is 0 Å². The average molecular weight is 491 g/mol. The van der Waals surface area contributed by atoms with Crippen molar-refractivity contribution in [1.29, 1.82) is 0 Å². The molecule has 0 unspecified atom stereocenters. The summed E-state index contributed by atoms with van der Waals surface area (Å²) in [5.74, 6) is 0.536. The lowest BCUT2D eigenvalue weighted by molar-refractivity contribution is 0.474. The Labute approximate surface area is 219 Å². The van der Waals surface area contributed by atoms with Gasteiger partial charge in [-0.05, 0) is 52.6 Å². The number of aromatic hydroxyl groups is 1. The van der Waals surface area contributed by atoms with Crippen molar-refractivity contribution in [2.75, 3.05) is 0 Å². The average Bonchev–Trinajstić information content (AvgIpc) is 3.42. The van der Waals surface area contributed by atoms with Crippen LogP contribution in [-0.2, 0) is 0 Å². The molecule has 4 heteroatoms. The van der Waals surface area contributed by atoms with Crippen LogP contribution in [0.25, 0.3) is 66.8 Å². The number of para-hydroxylation sites is 3. The lowest BCUT2D eigenvalue weighted by Gasteiger charge is -2.11. The van der Waals surface area contributed by atoms with Crippen LogP contribution in [0.2, 0.25) is 0 Å². The predicted octanol–water partition coefficient (Wildman–Crippen LogP) is 8.75. The highest BCUT2D eigenvalue weighted by atomic mass is 16.3. The summed E-state index contributed by atoms with van der Waals surface area (Å²) < 4.78 is 6.04. The number of oxazole rings is 1. The zero-order valence-corrected chi connectivity index (χ0v) is 20.4. The number of phenols is 1. The summed E-state index contributed by atoms with van der Waals surface area (Å²) in [5.41, 5.74) is 9.44. The van der Waals surface area contributed by atoms with E-state index in [-0.39, 0.29) is 5.75 Å². The monoisotopic (exact) mass is 490 g/mol. The van der Waals surface area contributed by atoms with Gasteiger partial charge in [0, 0.05) is 22.7 Å². The fourth-order valence-electron chi connectivity index (χ4n) is 5.08. The van der Waals surface area contributed by atoms with E-state index >= 15 is 0 Å². The van der Waals surface area contributed by atoms with Gasteiger partial charge in [-0.2, -0.15) is 0 Å². The smallest absolute Gasteiger partial charge is 0.231 e. The minimum absolute atomic E-state index is 0.140. The molecule has 1 N–H and O–H groups in total. The van der Waals surface area contributed by atoms with Crippen LogP contribution in [0.5, 0.6) is 5.75 Å². The Morgan fingerprint density at radius 3 is 2.00 bits per heavy atom. The van der Waals surface area contributed by atoms with Gasteiger partial charge in [-0.3, -0.25) is 4.98 Å². The molecular formula is C34H22N2O2. The zero-order chi connectivity index (χ0) is 25.5. The normalized spacial score (nSPS) is 11.3. The summed E-state index contributed by atoms with van der Waals surface area (Å²) >= 11 is 0. The first-order valence-corrected chi connectivity index (χ1v) is 12.5. The Morgan fingerprint density at radius 1 is 0.526 bits per heavy atom. The minimum Gasteiger partial charge on any atom is -0.507 e. The molecule has 0 saturated carbocycles. The first-order valence-electron chi connectivity index (χ1n) is 12.5. The minimum atomic E-state index is 0.140. The Balaban J connectivity index is 1.36. The van der Waals surface area contributed by atoms with E-state index in [1.807, 2.05) is 36.5 Å². The number of fused-ring (bicyclic) bond motifs is 2. The van der Waals surface area contributed by atoms with Crippen LogP contribution in [0.15, 0.2) is 132 Å². The van der Waals surface area contributed by atoms with Crippen molar-refractivity contribution >= 4 is 22.0 Å². The van der Waals surface area contributed by atoms with Gasteiger partial charge in [0.2, 0.25) is 5.89 Å². The molecule has 5 aromatic carbocycles. The van der Waals surface area contributed by atoms with Crippen molar-refractivity contribution in [1.82, 2.24) is 9.97 Å². The van der Waals surface area contributed by atoms with Crippen LogP contribution < -0.4 is 0 Å². The Hall–Kier alpha value is -5.22. The van der Waals surface area contributed by atoms with E-state index in [4.69, 9.17) is 14.4 Å². The van der Waals surface area contributed by atoms with Crippen LogP contribution in [0, 0.1) is 0 Å². The molecule has 0 fully saturated rings. The van der Waals surface area contributed by atoms with E-state index in [2.05, 4.69) is 72.8 Å².